The molecule has 1 aromatic rings. The van der Waals surface area contributed by atoms with Crippen molar-refractivity contribution in [2.45, 2.75) is 41.2 Å². The van der Waals surface area contributed by atoms with Crippen LogP contribution in [0.1, 0.15) is 37.6 Å². The van der Waals surface area contributed by atoms with E-state index in [1.54, 1.807) is 0 Å². The quantitative estimate of drug-likeness (QED) is 0.710. The largest absolute Gasteiger partial charge is 0.380 e. The second-order valence-corrected chi connectivity index (χ2v) is 6.03. The van der Waals surface area contributed by atoms with Gasteiger partial charge < -0.3 is 15.0 Å². The van der Waals surface area contributed by atoms with E-state index >= 15 is 0 Å². The first-order chi connectivity index (χ1) is 9.95. The Morgan fingerprint density at radius 2 is 2.05 bits per heavy atom. The van der Waals surface area contributed by atoms with Crippen LogP contribution in [0.4, 0.5) is 5.82 Å². The smallest absolute Gasteiger partial charge is 0.133 e. The van der Waals surface area contributed by atoms with Gasteiger partial charge in [0, 0.05) is 38.0 Å². The van der Waals surface area contributed by atoms with Gasteiger partial charge in [-0.15, -0.1) is 0 Å². The van der Waals surface area contributed by atoms with Crippen LogP contribution in [0.15, 0.2) is 6.07 Å². The van der Waals surface area contributed by atoms with Crippen molar-refractivity contribution in [3.63, 3.8) is 0 Å². The molecule has 0 aromatic carbocycles. The molecule has 0 spiro atoms. The monoisotopic (exact) mass is 293 g/mol. The highest BCUT2D eigenvalue weighted by Crippen LogP contribution is 2.21. The van der Waals surface area contributed by atoms with Crippen LogP contribution < -0.4 is 10.2 Å². The lowest BCUT2D eigenvalue weighted by atomic mass is 10.1. The zero-order valence-electron chi connectivity index (χ0n) is 14.5. The van der Waals surface area contributed by atoms with Gasteiger partial charge in [0.1, 0.15) is 5.82 Å². The Kier molecular flexibility index (Phi) is 7.68. The summed E-state index contributed by atoms with van der Waals surface area (Å²) in [4.78, 5) is 6.94. The van der Waals surface area contributed by atoms with Crippen molar-refractivity contribution >= 4 is 5.82 Å². The molecule has 120 valence electrons. The molecular weight excluding hydrogens is 262 g/mol. The van der Waals surface area contributed by atoms with Crippen LogP contribution in [0, 0.1) is 19.8 Å². The number of aromatic nitrogens is 1. The summed E-state index contributed by atoms with van der Waals surface area (Å²) in [6.07, 6.45) is 0. The van der Waals surface area contributed by atoms with Crippen LogP contribution in [-0.4, -0.2) is 38.3 Å². The number of rotatable bonds is 9. The number of hydrogen-bond donors (Lipinski definition) is 1. The zero-order valence-corrected chi connectivity index (χ0v) is 14.5. The molecule has 0 aliphatic heterocycles. The van der Waals surface area contributed by atoms with Crippen molar-refractivity contribution in [3.8, 4) is 0 Å². The van der Waals surface area contributed by atoms with Crippen molar-refractivity contribution in [1.29, 1.82) is 0 Å². The summed E-state index contributed by atoms with van der Waals surface area (Å²) in [5, 5.41) is 3.53. The van der Waals surface area contributed by atoms with E-state index in [9.17, 15) is 0 Å². The lowest BCUT2D eigenvalue weighted by molar-refractivity contribution is 0.154. The Hall–Kier alpha value is -1.13. The molecule has 4 heteroatoms. The standard InChI is InChI=1S/C17H31N3O/c1-7-21-9-8-20(6)17-16(12-18-11-13(2)3)14(4)10-15(5)19-17/h10,13,18H,7-9,11-12H2,1-6H3. The summed E-state index contributed by atoms with van der Waals surface area (Å²) in [5.74, 6) is 1.73. The Bertz CT molecular complexity index is 432. The fraction of sp³-hybridized carbons (Fsp3) is 0.706. The maximum Gasteiger partial charge on any atom is 0.133 e. The number of pyridine rings is 1. The van der Waals surface area contributed by atoms with Crippen LogP contribution in [0.3, 0.4) is 0 Å². The van der Waals surface area contributed by atoms with Gasteiger partial charge in [0.25, 0.3) is 0 Å². The summed E-state index contributed by atoms with van der Waals surface area (Å²) in [7, 11) is 2.09. The molecule has 1 heterocycles. The van der Waals surface area contributed by atoms with Gasteiger partial charge in [-0.05, 0) is 44.9 Å². The SMILES string of the molecule is CCOCCN(C)c1nc(C)cc(C)c1CNCC(C)C. The molecule has 0 fully saturated rings. The molecular formula is C17H31N3O. The Morgan fingerprint density at radius 3 is 2.67 bits per heavy atom. The lowest BCUT2D eigenvalue weighted by Crippen LogP contribution is -2.27. The molecule has 1 rings (SSSR count). The van der Waals surface area contributed by atoms with E-state index in [0.717, 1.165) is 44.4 Å². The topological polar surface area (TPSA) is 37.4 Å². The highest BCUT2D eigenvalue weighted by molar-refractivity contribution is 5.51. The van der Waals surface area contributed by atoms with Crippen molar-refractivity contribution in [2.75, 3.05) is 38.3 Å². The Morgan fingerprint density at radius 1 is 1.33 bits per heavy atom. The van der Waals surface area contributed by atoms with Crippen LogP contribution in [0.5, 0.6) is 0 Å². The van der Waals surface area contributed by atoms with Crippen LogP contribution in [0.25, 0.3) is 0 Å². The normalized spacial score (nSPS) is 11.2. The number of aryl methyl sites for hydroxylation is 2. The van der Waals surface area contributed by atoms with E-state index in [0.29, 0.717) is 5.92 Å². The van der Waals surface area contributed by atoms with Gasteiger partial charge >= 0.3 is 0 Å². The summed E-state index contributed by atoms with van der Waals surface area (Å²) in [6.45, 7) is 14.9. The lowest BCUT2D eigenvalue weighted by Gasteiger charge is -2.23. The predicted octanol–water partition coefficient (Wildman–Crippen LogP) is 2.92. The van der Waals surface area contributed by atoms with Crippen LogP contribution in [0.2, 0.25) is 0 Å². The summed E-state index contributed by atoms with van der Waals surface area (Å²) in [5.41, 5.74) is 3.66. The summed E-state index contributed by atoms with van der Waals surface area (Å²) >= 11 is 0. The van der Waals surface area contributed by atoms with Crippen molar-refractivity contribution in [3.05, 3.63) is 22.9 Å². The minimum Gasteiger partial charge on any atom is -0.380 e. The van der Waals surface area contributed by atoms with Gasteiger partial charge in [-0.1, -0.05) is 13.8 Å². The van der Waals surface area contributed by atoms with E-state index < -0.39 is 0 Å². The fourth-order valence-corrected chi connectivity index (χ4v) is 2.32. The first kappa shape index (κ1) is 17.9. The minimum atomic E-state index is 0.655. The van der Waals surface area contributed by atoms with Gasteiger partial charge in [0.05, 0.1) is 6.61 Å². The minimum absolute atomic E-state index is 0.655. The molecule has 0 saturated carbocycles. The highest BCUT2D eigenvalue weighted by atomic mass is 16.5. The van der Waals surface area contributed by atoms with Gasteiger partial charge in [0.2, 0.25) is 0 Å². The molecule has 21 heavy (non-hydrogen) atoms. The van der Waals surface area contributed by atoms with E-state index in [1.807, 2.05) is 6.92 Å². The Labute approximate surface area is 129 Å². The number of anilines is 1. The second-order valence-electron chi connectivity index (χ2n) is 6.03. The molecule has 0 aliphatic rings. The molecule has 0 atom stereocenters. The number of nitrogens with one attached hydrogen (secondary N) is 1. The maximum absolute atomic E-state index is 5.45. The van der Waals surface area contributed by atoms with Crippen molar-refractivity contribution in [2.24, 2.45) is 5.92 Å². The molecule has 0 radical (unpaired) electrons. The van der Waals surface area contributed by atoms with Gasteiger partial charge in [-0.3, -0.25) is 0 Å². The maximum atomic E-state index is 5.45. The first-order valence-electron chi connectivity index (χ1n) is 7.92. The van der Waals surface area contributed by atoms with E-state index in [-0.39, 0.29) is 0 Å². The number of nitrogens with zero attached hydrogens (tertiary/aromatic N) is 2. The number of ether oxygens (including phenoxy) is 1. The van der Waals surface area contributed by atoms with Crippen LogP contribution in [-0.2, 0) is 11.3 Å². The van der Waals surface area contributed by atoms with Gasteiger partial charge in [-0.25, -0.2) is 4.98 Å². The molecule has 0 aliphatic carbocycles. The van der Waals surface area contributed by atoms with E-state index in [4.69, 9.17) is 9.72 Å². The average Bonchev–Trinajstić information content (AvgIpc) is 2.40. The average molecular weight is 293 g/mol. The van der Waals surface area contributed by atoms with Crippen molar-refractivity contribution in [1.82, 2.24) is 10.3 Å². The molecule has 1 N–H and O–H groups in total. The van der Waals surface area contributed by atoms with E-state index in [2.05, 4.69) is 51.0 Å². The van der Waals surface area contributed by atoms with Crippen molar-refractivity contribution < 1.29 is 4.74 Å². The third-order valence-corrected chi connectivity index (χ3v) is 3.44. The predicted molar refractivity (Wildman–Crippen MR) is 90.0 cm³/mol. The number of likely N-dealkylation sites (N-methyl/N-ethyl adjacent to an activating group) is 1. The third-order valence-electron chi connectivity index (χ3n) is 3.44. The van der Waals surface area contributed by atoms with Gasteiger partial charge in [0.15, 0.2) is 0 Å². The molecule has 0 bridgehead atoms. The summed E-state index contributed by atoms with van der Waals surface area (Å²) < 4.78 is 5.45. The van der Waals surface area contributed by atoms with E-state index in [1.165, 1.54) is 11.1 Å². The van der Waals surface area contributed by atoms with Gasteiger partial charge in [-0.2, -0.15) is 0 Å². The Balaban J connectivity index is 2.83. The molecule has 0 unspecified atom stereocenters. The third kappa shape index (κ3) is 6.02. The first-order valence-corrected chi connectivity index (χ1v) is 7.92. The second kappa shape index (κ2) is 9.00. The molecule has 4 nitrogen and oxygen atoms in total. The number of hydrogen-bond acceptors (Lipinski definition) is 4. The fourth-order valence-electron chi connectivity index (χ4n) is 2.32. The summed E-state index contributed by atoms with van der Waals surface area (Å²) in [6, 6.07) is 2.16. The van der Waals surface area contributed by atoms with Crippen LogP contribution >= 0.6 is 0 Å². The molecule has 1 aromatic heterocycles. The molecule has 0 saturated heterocycles. The zero-order chi connectivity index (χ0) is 15.8. The molecule has 0 amide bonds. The highest BCUT2D eigenvalue weighted by Gasteiger charge is 2.13.